The predicted octanol–water partition coefficient (Wildman–Crippen LogP) is 0.320. The Balaban J connectivity index is 2.40. The highest BCUT2D eigenvalue weighted by Gasteiger charge is 2.25. The van der Waals surface area contributed by atoms with Gasteiger partial charge in [0.25, 0.3) is 5.91 Å². The number of sulfonamides is 1. The summed E-state index contributed by atoms with van der Waals surface area (Å²) in [4.78, 5) is 25.8. The number of hydrogen-bond acceptors (Lipinski definition) is 6. The normalized spacial score (nSPS) is 16.3. The van der Waals surface area contributed by atoms with Gasteiger partial charge in [0.2, 0.25) is 10.0 Å². The van der Waals surface area contributed by atoms with Crippen LogP contribution >= 0.6 is 0 Å². The van der Waals surface area contributed by atoms with Crippen molar-refractivity contribution in [2.45, 2.75) is 24.3 Å². The fourth-order valence-electron chi connectivity index (χ4n) is 2.68. The van der Waals surface area contributed by atoms with Crippen molar-refractivity contribution in [2.24, 2.45) is 5.14 Å². The van der Waals surface area contributed by atoms with E-state index in [9.17, 15) is 23.1 Å². The van der Waals surface area contributed by atoms with Gasteiger partial charge in [0.15, 0.2) is 0 Å². The van der Waals surface area contributed by atoms with Crippen LogP contribution < -0.4 is 15.4 Å². The van der Waals surface area contributed by atoms with Crippen LogP contribution in [-0.4, -0.2) is 57.7 Å². The first-order valence-corrected chi connectivity index (χ1v) is 9.93. The maximum atomic E-state index is 12.8. The van der Waals surface area contributed by atoms with Gasteiger partial charge in [-0.15, -0.1) is 0 Å². The molecule has 148 valence electrons. The summed E-state index contributed by atoms with van der Waals surface area (Å²) in [5.41, 5.74) is 0.550. The lowest BCUT2D eigenvalue weighted by Crippen LogP contribution is -2.42. The number of benzene rings is 1. The minimum atomic E-state index is -4.02. The Morgan fingerprint density at radius 2 is 2.04 bits per heavy atom. The van der Waals surface area contributed by atoms with E-state index in [-0.39, 0.29) is 16.9 Å². The van der Waals surface area contributed by atoms with Gasteiger partial charge in [0, 0.05) is 18.8 Å². The molecule has 0 spiro atoms. The average Bonchev–Trinajstić information content (AvgIpc) is 2.64. The van der Waals surface area contributed by atoms with E-state index in [4.69, 9.17) is 9.88 Å². The van der Waals surface area contributed by atoms with Gasteiger partial charge in [-0.1, -0.05) is 12.2 Å². The first-order chi connectivity index (χ1) is 12.7. The van der Waals surface area contributed by atoms with Crippen molar-refractivity contribution < 1.29 is 27.9 Å². The molecular weight excluding hydrogens is 374 g/mol. The second kappa shape index (κ2) is 8.98. The van der Waals surface area contributed by atoms with E-state index < -0.39 is 27.9 Å². The molecule has 0 aromatic heterocycles. The number of aliphatic carboxylic acids is 1. The highest BCUT2D eigenvalue weighted by atomic mass is 32.2. The van der Waals surface area contributed by atoms with Gasteiger partial charge in [-0.25, -0.2) is 18.4 Å². The maximum absolute atomic E-state index is 12.8. The third-order valence-corrected chi connectivity index (χ3v) is 5.01. The van der Waals surface area contributed by atoms with Crippen molar-refractivity contribution in [3.8, 4) is 0 Å². The van der Waals surface area contributed by atoms with E-state index in [1.165, 1.54) is 18.2 Å². The van der Waals surface area contributed by atoms with Gasteiger partial charge in [-0.2, -0.15) is 0 Å². The van der Waals surface area contributed by atoms with Crippen molar-refractivity contribution in [1.29, 1.82) is 0 Å². The number of carbonyl (C=O) groups excluding carboxylic acids is 1. The first kappa shape index (κ1) is 20.9. The van der Waals surface area contributed by atoms with Crippen LogP contribution in [0, 0.1) is 0 Å². The quantitative estimate of drug-likeness (QED) is 0.563. The largest absolute Gasteiger partial charge is 0.480 e. The van der Waals surface area contributed by atoms with Crippen molar-refractivity contribution >= 4 is 27.6 Å². The van der Waals surface area contributed by atoms with Crippen LogP contribution in [0.25, 0.3) is 0 Å². The van der Waals surface area contributed by atoms with Gasteiger partial charge < -0.3 is 20.1 Å². The van der Waals surface area contributed by atoms with Crippen LogP contribution in [0.1, 0.15) is 23.7 Å². The Kier molecular flexibility index (Phi) is 6.94. The topological polar surface area (TPSA) is 139 Å². The number of amides is 1. The smallest absolute Gasteiger partial charge is 0.326 e. The molecule has 4 N–H and O–H groups in total. The highest BCUT2D eigenvalue weighted by molar-refractivity contribution is 7.89. The van der Waals surface area contributed by atoms with Gasteiger partial charge >= 0.3 is 5.97 Å². The lowest BCUT2D eigenvalue weighted by molar-refractivity contribution is -0.139. The number of nitrogens with zero attached hydrogens (tertiary/aromatic N) is 1. The SMILES string of the molecule is C/C=C/CC(NC(=O)c1cc(S(N)(=O)=O)ccc1N1CCOCC1)C(=O)O. The number of primary sulfonamides is 1. The van der Waals surface area contributed by atoms with Crippen LogP contribution in [-0.2, 0) is 19.6 Å². The molecule has 10 heteroatoms. The minimum Gasteiger partial charge on any atom is -0.480 e. The number of carboxylic acids is 1. The Morgan fingerprint density at radius 3 is 2.59 bits per heavy atom. The summed E-state index contributed by atoms with van der Waals surface area (Å²) in [6.45, 7) is 3.73. The van der Waals surface area contributed by atoms with E-state index in [1.807, 2.05) is 4.90 Å². The van der Waals surface area contributed by atoms with Crippen LogP contribution in [0.2, 0.25) is 0 Å². The summed E-state index contributed by atoms with van der Waals surface area (Å²) in [6, 6.07) is 2.86. The molecule has 1 aromatic carbocycles. The maximum Gasteiger partial charge on any atom is 0.326 e. The number of nitrogens with two attached hydrogens (primary N) is 1. The number of nitrogens with one attached hydrogen (secondary N) is 1. The number of rotatable bonds is 7. The van der Waals surface area contributed by atoms with E-state index in [1.54, 1.807) is 19.1 Å². The number of carbonyl (C=O) groups is 2. The number of carboxylic acid groups (broad SMARTS) is 1. The zero-order chi connectivity index (χ0) is 20.0. The molecule has 0 aliphatic carbocycles. The van der Waals surface area contributed by atoms with Gasteiger partial charge in [-0.3, -0.25) is 4.79 Å². The Hall–Kier alpha value is -2.43. The molecule has 1 unspecified atom stereocenters. The summed E-state index contributed by atoms with van der Waals surface area (Å²) < 4.78 is 28.6. The molecule has 1 saturated heterocycles. The van der Waals surface area contributed by atoms with Crippen LogP contribution in [0.5, 0.6) is 0 Å². The van der Waals surface area contributed by atoms with Gasteiger partial charge in [0.05, 0.1) is 23.7 Å². The molecule has 1 fully saturated rings. The molecule has 0 bridgehead atoms. The van der Waals surface area contributed by atoms with Crippen molar-refractivity contribution in [1.82, 2.24) is 5.32 Å². The standard InChI is InChI=1S/C17H23N3O6S/c1-2-3-4-14(17(22)23)19-16(21)13-11-12(27(18,24)25)5-6-15(13)20-7-9-26-10-8-20/h2-3,5-6,11,14H,4,7-10H2,1H3,(H,19,21)(H,22,23)(H2,18,24,25)/b3-2+. The van der Waals surface area contributed by atoms with E-state index >= 15 is 0 Å². The Labute approximate surface area is 157 Å². The summed E-state index contributed by atoms with van der Waals surface area (Å²) in [6.07, 6.45) is 3.42. The van der Waals surface area contributed by atoms with E-state index in [0.29, 0.717) is 32.0 Å². The zero-order valence-electron chi connectivity index (χ0n) is 14.9. The second-order valence-corrected chi connectivity index (χ2v) is 7.55. The molecule has 9 nitrogen and oxygen atoms in total. The van der Waals surface area contributed by atoms with Crippen molar-refractivity contribution in [3.63, 3.8) is 0 Å². The molecule has 2 rings (SSSR count). The third kappa shape index (κ3) is 5.52. The molecule has 0 saturated carbocycles. The number of hydrogen-bond donors (Lipinski definition) is 3. The number of anilines is 1. The highest BCUT2D eigenvalue weighted by Crippen LogP contribution is 2.25. The molecule has 1 aliphatic rings. The molecule has 1 aliphatic heterocycles. The molecule has 1 amide bonds. The number of morpholine rings is 1. The fraction of sp³-hybridized carbons (Fsp3) is 0.412. The Bertz CT molecular complexity index is 831. The van der Waals surface area contributed by atoms with Crippen molar-refractivity contribution in [3.05, 3.63) is 35.9 Å². The minimum absolute atomic E-state index is 0.0511. The zero-order valence-corrected chi connectivity index (χ0v) is 15.7. The lowest BCUT2D eigenvalue weighted by Gasteiger charge is -2.30. The molecular formula is C17H23N3O6S. The fourth-order valence-corrected chi connectivity index (χ4v) is 3.22. The van der Waals surface area contributed by atoms with Gasteiger partial charge in [-0.05, 0) is 31.5 Å². The number of allylic oxidation sites excluding steroid dienone is 1. The van der Waals surface area contributed by atoms with Crippen LogP contribution in [0.15, 0.2) is 35.2 Å². The molecule has 27 heavy (non-hydrogen) atoms. The second-order valence-electron chi connectivity index (χ2n) is 5.99. The van der Waals surface area contributed by atoms with Crippen LogP contribution in [0.3, 0.4) is 0 Å². The third-order valence-electron chi connectivity index (χ3n) is 4.10. The van der Waals surface area contributed by atoms with Gasteiger partial charge in [0.1, 0.15) is 6.04 Å². The molecule has 1 aromatic rings. The van der Waals surface area contributed by atoms with E-state index in [0.717, 1.165) is 0 Å². The molecule has 0 radical (unpaired) electrons. The summed E-state index contributed by atoms with van der Waals surface area (Å²) in [7, 11) is -4.02. The van der Waals surface area contributed by atoms with Crippen molar-refractivity contribution in [2.75, 3.05) is 31.2 Å². The summed E-state index contributed by atoms with van der Waals surface area (Å²) in [5, 5.41) is 16.9. The molecule has 1 atom stereocenters. The first-order valence-electron chi connectivity index (χ1n) is 8.38. The monoisotopic (exact) mass is 397 g/mol. The lowest BCUT2D eigenvalue weighted by atomic mass is 10.1. The van der Waals surface area contributed by atoms with E-state index in [2.05, 4.69) is 5.32 Å². The number of ether oxygens (including phenoxy) is 1. The van der Waals surface area contributed by atoms with Crippen LogP contribution in [0.4, 0.5) is 5.69 Å². The average molecular weight is 397 g/mol. The Morgan fingerprint density at radius 1 is 1.37 bits per heavy atom. The summed E-state index contributed by atoms with van der Waals surface area (Å²) >= 11 is 0. The predicted molar refractivity (Wildman–Crippen MR) is 99.2 cm³/mol. The molecule has 1 heterocycles. The summed E-state index contributed by atoms with van der Waals surface area (Å²) in [5.74, 6) is -1.86.